The Morgan fingerprint density at radius 3 is 2.45 bits per heavy atom. The molecular formula is C22H30FN3O3. The molecule has 2 amide bonds. The van der Waals surface area contributed by atoms with E-state index in [-0.39, 0.29) is 17.6 Å². The summed E-state index contributed by atoms with van der Waals surface area (Å²) in [7, 11) is 0. The Morgan fingerprint density at radius 2 is 1.79 bits per heavy atom. The van der Waals surface area contributed by atoms with E-state index in [1.54, 1.807) is 12.1 Å². The van der Waals surface area contributed by atoms with E-state index in [1.807, 2.05) is 4.90 Å². The SMILES string of the molecule is O=C([C@@H]1C[C@@H](Cc2ccc(F)cc2)CN1C(=O)O)N1CCCN(C2CCC2)CC1. The van der Waals surface area contributed by atoms with Crippen LogP contribution in [0, 0.1) is 11.7 Å². The molecule has 2 heterocycles. The third kappa shape index (κ3) is 4.55. The second kappa shape index (κ2) is 8.69. The minimum Gasteiger partial charge on any atom is -0.465 e. The molecule has 0 unspecified atom stereocenters. The lowest BCUT2D eigenvalue weighted by Gasteiger charge is -2.36. The smallest absolute Gasteiger partial charge is 0.407 e. The van der Waals surface area contributed by atoms with Crippen molar-refractivity contribution in [2.75, 3.05) is 32.7 Å². The number of amides is 2. The lowest BCUT2D eigenvalue weighted by atomic mass is 9.91. The average molecular weight is 403 g/mol. The maximum Gasteiger partial charge on any atom is 0.407 e. The van der Waals surface area contributed by atoms with Crippen LogP contribution in [0.2, 0.25) is 0 Å². The zero-order valence-electron chi connectivity index (χ0n) is 16.8. The minimum atomic E-state index is -1.03. The highest BCUT2D eigenvalue weighted by molar-refractivity contribution is 5.86. The summed E-state index contributed by atoms with van der Waals surface area (Å²) in [5, 5.41) is 9.66. The van der Waals surface area contributed by atoms with E-state index >= 15 is 0 Å². The zero-order valence-corrected chi connectivity index (χ0v) is 16.8. The van der Waals surface area contributed by atoms with Crippen LogP contribution >= 0.6 is 0 Å². The van der Waals surface area contributed by atoms with Crippen molar-refractivity contribution < 1.29 is 19.1 Å². The predicted octanol–water partition coefficient (Wildman–Crippen LogP) is 2.82. The Kier molecular flexibility index (Phi) is 6.04. The average Bonchev–Trinajstić information content (AvgIpc) is 2.93. The molecule has 6 nitrogen and oxygen atoms in total. The van der Waals surface area contributed by atoms with Gasteiger partial charge < -0.3 is 10.0 Å². The molecule has 29 heavy (non-hydrogen) atoms. The zero-order chi connectivity index (χ0) is 20.4. The fraction of sp³-hybridized carbons (Fsp3) is 0.636. The summed E-state index contributed by atoms with van der Waals surface area (Å²) >= 11 is 0. The lowest BCUT2D eigenvalue weighted by Crippen LogP contribution is -2.49. The van der Waals surface area contributed by atoms with Crippen LogP contribution in [-0.4, -0.2) is 76.6 Å². The molecule has 0 bridgehead atoms. The Labute approximate surface area is 171 Å². The number of hydrogen-bond donors (Lipinski definition) is 1. The van der Waals surface area contributed by atoms with Crippen molar-refractivity contribution >= 4 is 12.0 Å². The van der Waals surface area contributed by atoms with E-state index in [1.165, 1.54) is 36.3 Å². The quantitative estimate of drug-likeness (QED) is 0.840. The first-order valence-corrected chi connectivity index (χ1v) is 10.8. The second-order valence-electron chi connectivity index (χ2n) is 8.68. The van der Waals surface area contributed by atoms with Crippen molar-refractivity contribution in [3.05, 3.63) is 35.6 Å². The van der Waals surface area contributed by atoms with Gasteiger partial charge in [0.2, 0.25) is 5.91 Å². The summed E-state index contributed by atoms with van der Waals surface area (Å²) in [5.41, 5.74) is 0.973. The summed E-state index contributed by atoms with van der Waals surface area (Å²) in [4.78, 5) is 30.7. The van der Waals surface area contributed by atoms with Crippen LogP contribution in [-0.2, 0) is 11.2 Å². The number of nitrogens with zero attached hydrogens (tertiary/aromatic N) is 3. The number of carboxylic acid groups (broad SMARTS) is 1. The number of carbonyl (C=O) groups is 2. The molecule has 7 heteroatoms. The van der Waals surface area contributed by atoms with Gasteiger partial charge in [-0.3, -0.25) is 14.6 Å². The number of carbonyl (C=O) groups excluding carboxylic acids is 1. The van der Waals surface area contributed by atoms with Crippen molar-refractivity contribution in [2.24, 2.45) is 5.92 Å². The molecule has 0 aromatic heterocycles. The van der Waals surface area contributed by atoms with Gasteiger partial charge in [0, 0.05) is 38.8 Å². The van der Waals surface area contributed by atoms with Crippen LogP contribution in [0.4, 0.5) is 9.18 Å². The van der Waals surface area contributed by atoms with Crippen molar-refractivity contribution in [1.29, 1.82) is 0 Å². The lowest BCUT2D eigenvalue weighted by molar-refractivity contribution is -0.135. The van der Waals surface area contributed by atoms with Crippen LogP contribution in [0.5, 0.6) is 0 Å². The maximum atomic E-state index is 13.2. The topological polar surface area (TPSA) is 64.1 Å². The van der Waals surface area contributed by atoms with Crippen LogP contribution in [0.25, 0.3) is 0 Å². The van der Waals surface area contributed by atoms with Gasteiger partial charge >= 0.3 is 6.09 Å². The fourth-order valence-electron chi connectivity index (χ4n) is 4.96. The van der Waals surface area contributed by atoms with E-state index in [2.05, 4.69) is 4.90 Å². The first-order valence-electron chi connectivity index (χ1n) is 10.8. The summed E-state index contributed by atoms with van der Waals surface area (Å²) in [6.07, 6.45) is 4.92. The largest absolute Gasteiger partial charge is 0.465 e. The molecule has 0 radical (unpaired) electrons. The van der Waals surface area contributed by atoms with Gasteiger partial charge in [0.05, 0.1) is 0 Å². The van der Waals surface area contributed by atoms with Crippen molar-refractivity contribution in [1.82, 2.24) is 14.7 Å². The van der Waals surface area contributed by atoms with Gasteiger partial charge in [-0.15, -0.1) is 0 Å². The Hall–Kier alpha value is -2.15. The van der Waals surface area contributed by atoms with Gasteiger partial charge in [0.15, 0.2) is 0 Å². The highest BCUT2D eigenvalue weighted by atomic mass is 19.1. The number of halogens is 1. The van der Waals surface area contributed by atoms with E-state index in [4.69, 9.17) is 0 Å². The predicted molar refractivity (Wildman–Crippen MR) is 107 cm³/mol. The number of hydrogen-bond acceptors (Lipinski definition) is 3. The standard InChI is InChI=1S/C22H30FN3O3/c23-18-7-5-16(6-8-18)13-17-14-20(26(15-17)22(28)29)21(27)25-10-2-9-24(11-12-25)19-3-1-4-19/h5-8,17,19-20H,1-4,9-15H2,(H,28,29)/t17-,20+/m1/s1. The molecule has 3 fully saturated rings. The third-order valence-electron chi connectivity index (χ3n) is 6.79. The molecule has 2 aliphatic heterocycles. The van der Waals surface area contributed by atoms with Crippen molar-refractivity contribution in [3.8, 4) is 0 Å². The minimum absolute atomic E-state index is 0.0514. The van der Waals surface area contributed by atoms with E-state index in [0.29, 0.717) is 38.5 Å². The first-order chi connectivity index (χ1) is 14.0. The molecule has 0 spiro atoms. The first kappa shape index (κ1) is 20.1. The van der Waals surface area contributed by atoms with Crippen molar-refractivity contribution in [3.63, 3.8) is 0 Å². The number of likely N-dealkylation sites (tertiary alicyclic amines) is 1. The summed E-state index contributed by atoms with van der Waals surface area (Å²) in [6, 6.07) is 6.39. The van der Waals surface area contributed by atoms with Gasteiger partial charge in [-0.25, -0.2) is 9.18 Å². The molecular weight excluding hydrogens is 373 g/mol. The molecule has 3 aliphatic rings. The maximum absolute atomic E-state index is 13.2. The Morgan fingerprint density at radius 1 is 1.03 bits per heavy atom. The molecule has 1 saturated carbocycles. The van der Waals surface area contributed by atoms with Crippen molar-refractivity contribution in [2.45, 2.75) is 50.6 Å². The molecule has 1 N–H and O–H groups in total. The molecule has 4 rings (SSSR count). The third-order valence-corrected chi connectivity index (χ3v) is 6.79. The normalized spacial score (nSPS) is 26.2. The van der Waals surface area contributed by atoms with E-state index in [0.717, 1.165) is 25.1 Å². The molecule has 1 aliphatic carbocycles. The second-order valence-corrected chi connectivity index (χ2v) is 8.68. The van der Waals surface area contributed by atoms with Crippen LogP contribution in [0.15, 0.2) is 24.3 Å². The van der Waals surface area contributed by atoms with Crippen LogP contribution < -0.4 is 0 Å². The number of benzene rings is 1. The van der Waals surface area contributed by atoms with Crippen LogP contribution in [0.3, 0.4) is 0 Å². The monoisotopic (exact) mass is 403 g/mol. The van der Waals surface area contributed by atoms with Gasteiger partial charge in [-0.2, -0.15) is 0 Å². The van der Waals surface area contributed by atoms with Gasteiger partial charge in [-0.1, -0.05) is 18.6 Å². The van der Waals surface area contributed by atoms with Crippen LogP contribution in [0.1, 0.15) is 37.7 Å². The van der Waals surface area contributed by atoms with Gasteiger partial charge in [0.1, 0.15) is 11.9 Å². The van der Waals surface area contributed by atoms with E-state index in [9.17, 15) is 19.1 Å². The summed E-state index contributed by atoms with van der Waals surface area (Å²) < 4.78 is 13.1. The fourth-order valence-corrected chi connectivity index (χ4v) is 4.96. The molecule has 1 aromatic rings. The molecule has 2 saturated heterocycles. The highest BCUT2D eigenvalue weighted by Crippen LogP contribution is 2.29. The Balaban J connectivity index is 1.39. The number of rotatable bonds is 4. The summed E-state index contributed by atoms with van der Waals surface area (Å²) in [6.45, 7) is 3.64. The highest BCUT2D eigenvalue weighted by Gasteiger charge is 2.41. The molecule has 158 valence electrons. The van der Waals surface area contributed by atoms with E-state index < -0.39 is 12.1 Å². The molecule has 1 aromatic carbocycles. The van der Waals surface area contributed by atoms with Gasteiger partial charge in [-0.05, 0) is 55.7 Å². The van der Waals surface area contributed by atoms with Gasteiger partial charge in [0.25, 0.3) is 0 Å². The summed E-state index contributed by atoms with van der Waals surface area (Å²) in [5.74, 6) is -0.258. The molecule has 2 atom stereocenters. The Bertz CT molecular complexity index is 737.